The maximum Gasteiger partial charge on any atom is 0.270 e. The van der Waals surface area contributed by atoms with Crippen molar-refractivity contribution in [2.45, 2.75) is 6.92 Å². The van der Waals surface area contributed by atoms with Crippen LogP contribution in [0.3, 0.4) is 0 Å². The summed E-state index contributed by atoms with van der Waals surface area (Å²) < 4.78 is 25.2. The first kappa shape index (κ1) is 20.2. The van der Waals surface area contributed by atoms with Gasteiger partial charge in [-0.2, -0.15) is 5.26 Å². The summed E-state index contributed by atoms with van der Waals surface area (Å²) in [5.74, 6) is -0.309. The number of nitriles is 1. The predicted octanol–water partition coefficient (Wildman–Crippen LogP) is 4.24. The van der Waals surface area contributed by atoms with Gasteiger partial charge in [0, 0.05) is 26.4 Å². The number of anilines is 1. The van der Waals surface area contributed by atoms with Crippen LogP contribution in [0.4, 0.5) is 5.69 Å². The molecule has 0 aliphatic rings. The Morgan fingerprint density at radius 1 is 1.23 bits per heavy atom. The van der Waals surface area contributed by atoms with Crippen molar-refractivity contribution in [1.29, 1.82) is 5.26 Å². The molecule has 0 saturated carbocycles. The Hall–Kier alpha value is -3.13. The Balaban J connectivity index is 1.79. The van der Waals surface area contributed by atoms with Gasteiger partial charge in [0.1, 0.15) is 16.6 Å². The lowest BCUT2D eigenvalue weighted by molar-refractivity contribution is 0.479. The van der Waals surface area contributed by atoms with Crippen molar-refractivity contribution < 1.29 is 13.5 Å². The van der Waals surface area contributed by atoms with Crippen molar-refractivity contribution in [1.82, 2.24) is 4.98 Å². The molecule has 3 N–H and O–H groups in total. The number of fused-ring (bicyclic) bond motifs is 1. The van der Waals surface area contributed by atoms with E-state index in [1.54, 1.807) is 18.2 Å². The topological polar surface area (TPSA) is 123 Å². The lowest BCUT2D eigenvalue weighted by atomic mass is 10.1. The monoisotopic (exact) mass is 457 g/mol. The normalized spacial score (nSPS) is 11.5. The zero-order chi connectivity index (χ0) is 21.6. The molecule has 0 aliphatic carbocycles. The third kappa shape index (κ3) is 3.59. The number of H-pyrrole nitrogens is 1. The molecule has 0 unspecified atom stereocenters. The highest BCUT2D eigenvalue weighted by molar-refractivity contribution is 7.92. The first-order chi connectivity index (χ1) is 14.2. The first-order valence-corrected chi connectivity index (χ1v) is 12.2. The van der Waals surface area contributed by atoms with E-state index in [0.29, 0.717) is 15.9 Å². The van der Waals surface area contributed by atoms with E-state index in [2.05, 4.69) is 9.71 Å². The molecule has 0 saturated heterocycles. The molecule has 0 radical (unpaired) electrons. The minimum atomic E-state index is -3.34. The molecule has 4 rings (SSSR count). The number of aromatic amines is 1. The highest BCUT2D eigenvalue weighted by Crippen LogP contribution is 2.44. The number of benzene rings is 1. The molecular formula is C20H15N3O4S3. The minimum absolute atomic E-state index is 0.301. The quantitative estimate of drug-likeness (QED) is 0.423. The number of hydrogen-bond acceptors (Lipinski definition) is 7. The lowest BCUT2D eigenvalue weighted by Crippen LogP contribution is -2.09. The summed E-state index contributed by atoms with van der Waals surface area (Å²) in [6.45, 7) is 1.97. The number of aromatic hydroxyl groups is 1. The molecule has 1 aromatic carbocycles. The van der Waals surface area contributed by atoms with E-state index in [0.717, 1.165) is 32.7 Å². The van der Waals surface area contributed by atoms with Gasteiger partial charge < -0.3 is 10.1 Å². The molecule has 4 aromatic rings. The van der Waals surface area contributed by atoms with Crippen molar-refractivity contribution >= 4 is 48.6 Å². The van der Waals surface area contributed by atoms with E-state index in [-0.39, 0.29) is 11.3 Å². The van der Waals surface area contributed by atoms with Gasteiger partial charge in [-0.05, 0) is 36.2 Å². The summed E-state index contributed by atoms with van der Waals surface area (Å²) in [5, 5.41) is 22.0. The van der Waals surface area contributed by atoms with E-state index in [4.69, 9.17) is 0 Å². The van der Waals surface area contributed by atoms with Crippen molar-refractivity contribution in [3.63, 3.8) is 0 Å². The third-order valence-electron chi connectivity index (χ3n) is 4.46. The van der Waals surface area contributed by atoms with Gasteiger partial charge in [-0.3, -0.25) is 9.52 Å². The van der Waals surface area contributed by atoms with Gasteiger partial charge in [0.15, 0.2) is 5.56 Å². The van der Waals surface area contributed by atoms with Crippen LogP contribution in [0, 0.1) is 18.3 Å². The molecule has 30 heavy (non-hydrogen) atoms. The number of hydrogen-bond donors (Lipinski definition) is 3. The van der Waals surface area contributed by atoms with Crippen LogP contribution in [0.2, 0.25) is 0 Å². The molecule has 152 valence electrons. The van der Waals surface area contributed by atoms with E-state index in [1.165, 1.54) is 22.7 Å². The fraction of sp³-hybridized carbons (Fsp3) is 0.100. The number of rotatable bonds is 4. The number of sulfonamides is 1. The van der Waals surface area contributed by atoms with Crippen LogP contribution in [0.25, 0.3) is 31.1 Å². The van der Waals surface area contributed by atoms with Gasteiger partial charge in [0.25, 0.3) is 5.56 Å². The molecular weight excluding hydrogens is 442 g/mol. The molecule has 0 spiro atoms. The van der Waals surface area contributed by atoms with Crippen LogP contribution < -0.4 is 10.3 Å². The molecule has 10 heteroatoms. The minimum Gasteiger partial charge on any atom is -0.506 e. The summed E-state index contributed by atoms with van der Waals surface area (Å²) >= 11 is 2.80. The highest BCUT2D eigenvalue weighted by atomic mass is 32.2. The maximum absolute atomic E-state index is 11.9. The van der Waals surface area contributed by atoms with Crippen LogP contribution in [0.1, 0.15) is 11.1 Å². The standard InChI is InChI=1S/C20H15N3O4S3/c1-10-7-15(14-9-28-20-16(14)17(24)13(8-21)19(25)22-20)29-18(10)11-3-5-12(6-4-11)23-30(2,26)27/h3-7,9,23H,1-2H3,(H2,22,24,25). The summed E-state index contributed by atoms with van der Waals surface area (Å²) in [6.07, 6.45) is 1.10. The molecule has 3 heterocycles. The van der Waals surface area contributed by atoms with Gasteiger partial charge in [-0.1, -0.05) is 12.1 Å². The largest absolute Gasteiger partial charge is 0.506 e. The number of thiophene rings is 2. The summed E-state index contributed by atoms with van der Waals surface area (Å²) in [4.78, 5) is 17.0. The molecule has 7 nitrogen and oxygen atoms in total. The van der Waals surface area contributed by atoms with Gasteiger partial charge >= 0.3 is 0 Å². The second kappa shape index (κ2) is 7.28. The SMILES string of the molecule is Cc1cc(-c2csc3[nH]c(=O)c(C#N)c(O)c23)sc1-c1ccc(NS(C)(=O)=O)cc1. The Labute approximate surface area is 179 Å². The molecule has 0 atom stereocenters. The second-order valence-electron chi connectivity index (χ2n) is 6.72. The lowest BCUT2D eigenvalue weighted by Gasteiger charge is -2.05. The van der Waals surface area contributed by atoms with E-state index in [1.807, 2.05) is 30.5 Å². The summed E-state index contributed by atoms with van der Waals surface area (Å²) in [5.41, 5.74) is 2.26. The first-order valence-electron chi connectivity index (χ1n) is 8.63. The molecule has 0 fully saturated rings. The average molecular weight is 458 g/mol. The third-order valence-corrected chi connectivity index (χ3v) is 7.29. The fourth-order valence-corrected chi connectivity index (χ4v) is 5.97. The second-order valence-corrected chi connectivity index (χ2v) is 10.4. The number of aromatic nitrogens is 1. The molecule has 0 amide bonds. The Kier molecular flexibility index (Phi) is 4.89. The van der Waals surface area contributed by atoms with E-state index in [9.17, 15) is 23.6 Å². The van der Waals surface area contributed by atoms with Gasteiger partial charge in [-0.25, -0.2) is 8.42 Å². The Morgan fingerprint density at radius 2 is 1.93 bits per heavy atom. The van der Waals surface area contributed by atoms with E-state index >= 15 is 0 Å². The Morgan fingerprint density at radius 3 is 2.57 bits per heavy atom. The van der Waals surface area contributed by atoms with E-state index < -0.39 is 15.6 Å². The van der Waals surface area contributed by atoms with Gasteiger partial charge in [-0.15, -0.1) is 22.7 Å². The fourth-order valence-electron chi connectivity index (χ4n) is 3.17. The van der Waals surface area contributed by atoms with Crippen molar-refractivity contribution in [2.75, 3.05) is 11.0 Å². The van der Waals surface area contributed by atoms with Crippen LogP contribution in [-0.4, -0.2) is 24.8 Å². The van der Waals surface area contributed by atoms with Crippen LogP contribution >= 0.6 is 22.7 Å². The van der Waals surface area contributed by atoms with Crippen molar-refractivity contribution in [3.8, 4) is 32.7 Å². The average Bonchev–Trinajstić information content (AvgIpc) is 3.25. The molecule has 3 aromatic heterocycles. The number of nitrogens with one attached hydrogen (secondary N) is 2. The molecule has 0 aliphatic heterocycles. The molecule has 0 bridgehead atoms. The zero-order valence-corrected chi connectivity index (χ0v) is 18.3. The van der Waals surface area contributed by atoms with Gasteiger partial charge in [0.05, 0.1) is 11.6 Å². The highest BCUT2D eigenvalue weighted by Gasteiger charge is 2.19. The van der Waals surface area contributed by atoms with Gasteiger partial charge in [0.2, 0.25) is 10.0 Å². The van der Waals surface area contributed by atoms with Crippen molar-refractivity contribution in [3.05, 3.63) is 57.2 Å². The predicted molar refractivity (Wildman–Crippen MR) is 121 cm³/mol. The smallest absolute Gasteiger partial charge is 0.270 e. The number of nitrogens with zero attached hydrogens (tertiary/aromatic N) is 1. The van der Waals surface area contributed by atoms with Crippen LogP contribution in [-0.2, 0) is 10.0 Å². The maximum atomic E-state index is 11.9. The number of pyridine rings is 1. The van der Waals surface area contributed by atoms with Crippen LogP contribution in [0.5, 0.6) is 5.75 Å². The van der Waals surface area contributed by atoms with Crippen molar-refractivity contribution in [2.24, 2.45) is 0 Å². The Bertz CT molecular complexity index is 1490. The summed E-state index contributed by atoms with van der Waals surface area (Å²) in [6, 6.07) is 10.8. The zero-order valence-electron chi connectivity index (χ0n) is 15.8. The van der Waals surface area contributed by atoms with Crippen LogP contribution in [0.15, 0.2) is 40.5 Å². The number of aryl methyl sites for hydroxylation is 1. The summed E-state index contributed by atoms with van der Waals surface area (Å²) in [7, 11) is -3.34.